The highest BCUT2D eigenvalue weighted by Crippen LogP contribution is 2.29. The van der Waals surface area contributed by atoms with Crippen molar-refractivity contribution in [1.29, 1.82) is 0 Å². The van der Waals surface area contributed by atoms with Gasteiger partial charge in [-0.15, -0.1) is 0 Å². The number of alkyl halides is 3. The van der Waals surface area contributed by atoms with Crippen LogP contribution in [0.5, 0.6) is 0 Å². The number of carbonyl (C=O) groups excluding carboxylic acids is 1. The van der Waals surface area contributed by atoms with E-state index in [1.807, 2.05) is 0 Å². The Kier molecular flexibility index (Phi) is 5.98. The van der Waals surface area contributed by atoms with Crippen LogP contribution in [0.4, 0.5) is 10.7 Å². The minimum absolute atomic E-state index is 0.125. The van der Waals surface area contributed by atoms with Crippen LogP contribution in [0.25, 0.3) is 0 Å². The molecule has 8 heteroatoms. The summed E-state index contributed by atoms with van der Waals surface area (Å²) < 4.78 is 8.11. The number of rotatable bonds is 5. The number of hydrogen-bond acceptors (Lipinski definition) is 4. The molecule has 1 rings (SSSR count). The lowest BCUT2D eigenvalue weighted by atomic mass is 9.85. The van der Waals surface area contributed by atoms with Gasteiger partial charge in [-0.1, -0.05) is 67.2 Å². The maximum Gasteiger partial charge on any atom is 0.414 e. The second-order valence-corrected chi connectivity index (χ2v) is 7.54. The molecule has 0 saturated heterocycles. The highest BCUT2D eigenvalue weighted by atomic mass is 35.6. The number of halogens is 3. The Morgan fingerprint density at radius 3 is 2.65 bits per heavy atom. The van der Waals surface area contributed by atoms with Crippen molar-refractivity contribution in [3.05, 3.63) is 11.8 Å². The van der Waals surface area contributed by atoms with Gasteiger partial charge < -0.3 is 9.26 Å². The Bertz CT molecular complexity index is 455. The molecule has 0 saturated carbocycles. The number of amides is 1. The van der Waals surface area contributed by atoms with Crippen LogP contribution in [0.2, 0.25) is 0 Å². The van der Waals surface area contributed by atoms with Gasteiger partial charge in [0, 0.05) is 11.5 Å². The van der Waals surface area contributed by atoms with Crippen LogP contribution in [-0.2, 0) is 10.2 Å². The first kappa shape index (κ1) is 17.4. The van der Waals surface area contributed by atoms with Crippen molar-refractivity contribution in [3.63, 3.8) is 0 Å². The normalized spacial score (nSPS) is 12.3. The molecule has 1 N–H and O–H groups in total. The van der Waals surface area contributed by atoms with Crippen molar-refractivity contribution >= 4 is 46.8 Å². The summed E-state index contributed by atoms with van der Waals surface area (Å²) in [4.78, 5) is 11.4. The summed E-state index contributed by atoms with van der Waals surface area (Å²) in [6.45, 7) is 5.85. The molecular formula is C12H17Cl3N2O3. The van der Waals surface area contributed by atoms with Gasteiger partial charge in [0.05, 0.1) is 5.69 Å². The predicted octanol–water partition coefficient (Wildman–Crippen LogP) is 4.67. The van der Waals surface area contributed by atoms with Gasteiger partial charge >= 0.3 is 6.09 Å². The zero-order valence-corrected chi connectivity index (χ0v) is 13.8. The van der Waals surface area contributed by atoms with Gasteiger partial charge in [0.15, 0.2) is 0 Å². The van der Waals surface area contributed by atoms with E-state index in [4.69, 9.17) is 44.1 Å². The van der Waals surface area contributed by atoms with Crippen LogP contribution < -0.4 is 5.32 Å². The number of nitrogens with zero attached hydrogens (tertiary/aromatic N) is 1. The minimum atomic E-state index is -1.65. The maximum atomic E-state index is 11.4. The molecule has 0 radical (unpaired) electrons. The van der Waals surface area contributed by atoms with Crippen molar-refractivity contribution < 1.29 is 14.1 Å². The van der Waals surface area contributed by atoms with Crippen molar-refractivity contribution in [3.8, 4) is 0 Å². The van der Waals surface area contributed by atoms with E-state index in [2.05, 4.69) is 31.2 Å². The number of ether oxygens (including phenoxy) is 1. The SMILES string of the molecule is CCCC(C)(C)c1cc(NC(=O)OCC(Cl)(Cl)Cl)on1. The van der Waals surface area contributed by atoms with E-state index in [0.717, 1.165) is 18.5 Å². The summed E-state index contributed by atoms with van der Waals surface area (Å²) in [5.41, 5.74) is 0.635. The third kappa shape index (κ3) is 5.77. The highest BCUT2D eigenvalue weighted by Gasteiger charge is 2.25. The molecular weight excluding hydrogens is 327 g/mol. The molecule has 0 aliphatic heterocycles. The summed E-state index contributed by atoms with van der Waals surface area (Å²) in [7, 11) is 0. The Balaban J connectivity index is 2.58. The van der Waals surface area contributed by atoms with E-state index in [0.29, 0.717) is 0 Å². The summed E-state index contributed by atoms with van der Waals surface area (Å²) >= 11 is 16.4. The summed E-state index contributed by atoms with van der Waals surface area (Å²) in [6.07, 6.45) is 1.21. The van der Waals surface area contributed by atoms with Gasteiger partial charge in [-0.05, 0) is 6.42 Å². The lowest BCUT2D eigenvalue weighted by Gasteiger charge is -2.19. The minimum Gasteiger partial charge on any atom is -0.445 e. The predicted molar refractivity (Wildman–Crippen MR) is 79.7 cm³/mol. The number of nitrogens with one attached hydrogen (secondary N) is 1. The molecule has 0 unspecified atom stereocenters. The Labute approximate surface area is 132 Å². The van der Waals surface area contributed by atoms with E-state index in [-0.39, 0.29) is 17.9 Å². The van der Waals surface area contributed by atoms with Crippen molar-refractivity contribution in [1.82, 2.24) is 5.16 Å². The molecule has 1 heterocycles. The lowest BCUT2D eigenvalue weighted by molar-refractivity contribution is 0.163. The van der Waals surface area contributed by atoms with Crippen molar-refractivity contribution in [2.24, 2.45) is 0 Å². The first-order chi connectivity index (χ1) is 9.14. The summed E-state index contributed by atoms with van der Waals surface area (Å²) in [5, 5.41) is 6.33. The first-order valence-electron chi connectivity index (χ1n) is 6.12. The second-order valence-electron chi connectivity index (χ2n) is 5.03. The highest BCUT2D eigenvalue weighted by molar-refractivity contribution is 6.67. The molecule has 0 atom stereocenters. The summed E-state index contributed by atoms with van der Waals surface area (Å²) in [5.74, 6) is 0.193. The lowest BCUT2D eigenvalue weighted by Crippen LogP contribution is -2.21. The molecule has 20 heavy (non-hydrogen) atoms. The fraction of sp³-hybridized carbons (Fsp3) is 0.667. The fourth-order valence-electron chi connectivity index (χ4n) is 1.69. The van der Waals surface area contributed by atoms with Crippen LogP contribution >= 0.6 is 34.8 Å². The van der Waals surface area contributed by atoms with E-state index in [1.54, 1.807) is 6.07 Å². The van der Waals surface area contributed by atoms with E-state index < -0.39 is 9.89 Å². The molecule has 1 aromatic heterocycles. The number of hydrogen-bond donors (Lipinski definition) is 1. The van der Waals surface area contributed by atoms with E-state index >= 15 is 0 Å². The number of anilines is 1. The van der Waals surface area contributed by atoms with Gasteiger partial charge in [-0.2, -0.15) is 0 Å². The topological polar surface area (TPSA) is 64.4 Å². The average Bonchev–Trinajstić information content (AvgIpc) is 2.74. The molecule has 0 aromatic carbocycles. The number of aromatic nitrogens is 1. The van der Waals surface area contributed by atoms with Crippen molar-refractivity contribution in [2.75, 3.05) is 11.9 Å². The Morgan fingerprint density at radius 1 is 1.45 bits per heavy atom. The fourth-order valence-corrected chi connectivity index (χ4v) is 1.85. The van der Waals surface area contributed by atoms with Crippen LogP contribution in [-0.4, -0.2) is 21.6 Å². The first-order valence-corrected chi connectivity index (χ1v) is 7.25. The molecule has 114 valence electrons. The van der Waals surface area contributed by atoms with Crippen molar-refractivity contribution in [2.45, 2.75) is 42.8 Å². The molecule has 0 aliphatic carbocycles. The zero-order valence-electron chi connectivity index (χ0n) is 11.5. The van der Waals surface area contributed by atoms with E-state index in [1.165, 1.54) is 0 Å². The van der Waals surface area contributed by atoms with Gasteiger partial charge in [-0.25, -0.2) is 4.79 Å². The average molecular weight is 344 g/mol. The Hall–Kier alpha value is -0.650. The standard InChI is InChI=1S/C12H17Cl3N2O3/c1-4-5-11(2,3)8-6-9(20-17-8)16-10(18)19-7-12(13,14)15/h6H,4-5,7H2,1-3H3,(H,16,18). The molecule has 5 nitrogen and oxygen atoms in total. The third-order valence-electron chi connectivity index (χ3n) is 2.67. The molecule has 0 spiro atoms. The van der Waals surface area contributed by atoms with Gasteiger partial charge in [0.1, 0.15) is 6.61 Å². The zero-order chi connectivity index (χ0) is 15.4. The molecule has 1 aromatic rings. The van der Waals surface area contributed by atoms with Crippen LogP contribution in [0.1, 0.15) is 39.3 Å². The molecule has 0 bridgehead atoms. The van der Waals surface area contributed by atoms with E-state index in [9.17, 15) is 4.79 Å². The number of carbonyl (C=O) groups is 1. The second kappa shape index (κ2) is 6.87. The molecule has 0 fully saturated rings. The van der Waals surface area contributed by atoms with Gasteiger partial charge in [0.2, 0.25) is 9.68 Å². The third-order valence-corrected chi connectivity index (χ3v) is 3.00. The van der Waals surface area contributed by atoms with Crippen LogP contribution in [0.15, 0.2) is 10.6 Å². The summed E-state index contributed by atoms with van der Waals surface area (Å²) in [6, 6.07) is 1.66. The maximum absolute atomic E-state index is 11.4. The largest absolute Gasteiger partial charge is 0.445 e. The Morgan fingerprint density at radius 2 is 2.10 bits per heavy atom. The van der Waals surface area contributed by atoms with Gasteiger partial charge in [0.25, 0.3) is 0 Å². The monoisotopic (exact) mass is 342 g/mol. The smallest absolute Gasteiger partial charge is 0.414 e. The van der Waals surface area contributed by atoms with Crippen LogP contribution in [0.3, 0.4) is 0 Å². The quantitative estimate of drug-likeness (QED) is 0.789. The van der Waals surface area contributed by atoms with Gasteiger partial charge in [-0.3, -0.25) is 5.32 Å². The van der Waals surface area contributed by atoms with Crippen LogP contribution in [0, 0.1) is 0 Å². The molecule has 1 amide bonds. The molecule has 0 aliphatic rings.